The van der Waals surface area contributed by atoms with Crippen molar-refractivity contribution in [3.05, 3.63) is 63.6 Å². The van der Waals surface area contributed by atoms with Gasteiger partial charge in [0, 0.05) is 33.7 Å². The lowest BCUT2D eigenvalue weighted by Crippen LogP contribution is -2.57. The molecule has 2 aliphatic heterocycles. The standard InChI is InChI=1S/C28H33Cl2N3O3/c1-26(2,3)14-21-28(19-9-8-17(30)11-20(19)32-25(28)35)22(15-6-5-7-16(29)10-15)23(33-21)24(34)31-18-12-27(4,36)13-18/h5-11,18,21-23,33,36H,12-14H2,1-4H3,(H,31,34)(H,32,35)/t18?,21-,22-,23+,27?,28?/m0/s1. The molecule has 5 rings (SSSR count). The smallest absolute Gasteiger partial charge is 0.238 e. The number of hydrogen-bond acceptors (Lipinski definition) is 4. The first-order valence-electron chi connectivity index (χ1n) is 12.5. The fraction of sp³-hybridized carbons (Fsp3) is 0.500. The maximum absolute atomic E-state index is 14.1. The van der Waals surface area contributed by atoms with Crippen LogP contribution in [0.15, 0.2) is 42.5 Å². The van der Waals surface area contributed by atoms with Gasteiger partial charge in [0.1, 0.15) is 5.41 Å². The van der Waals surface area contributed by atoms with Crippen molar-refractivity contribution in [3.63, 3.8) is 0 Å². The van der Waals surface area contributed by atoms with Crippen LogP contribution in [-0.2, 0) is 15.0 Å². The molecule has 2 heterocycles. The van der Waals surface area contributed by atoms with E-state index in [1.165, 1.54) is 0 Å². The second kappa shape index (κ2) is 8.73. The zero-order valence-electron chi connectivity index (χ0n) is 21.0. The molecule has 2 aromatic carbocycles. The van der Waals surface area contributed by atoms with Gasteiger partial charge in [-0.15, -0.1) is 0 Å². The Bertz CT molecular complexity index is 1220. The van der Waals surface area contributed by atoms with Crippen molar-refractivity contribution in [2.24, 2.45) is 5.41 Å². The summed E-state index contributed by atoms with van der Waals surface area (Å²) in [5.74, 6) is -0.827. The first kappa shape index (κ1) is 25.5. The minimum Gasteiger partial charge on any atom is -0.390 e. The van der Waals surface area contributed by atoms with E-state index in [4.69, 9.17) is 23.2 Å². The molecule has 8 heteroatoms. The maximum atomic E-state index is 14.1. The molecule has 3 aliphatic rings. The number of amides is 2. The summed E-state index contributed by atoms with van der Waals surface area (Å²) in [6.45, 7) is 8.18. The van der Waals surface area contributed by atoms with Gasteiger partial charge in [0.05, 0.1) is 11.6 Å². The van der Waals surface area contributed by atoms with Crippen LogP contribution in [0.2, 0.25) is 10.0 Å². The number of carbonyl (C=O) groups is 2. The van der Waals surface area contributed by atoms with Crippen molar-refractivity contribution in [3.8, 4) is 0 Å². The van der Waals surface area contributed by atoms with Crippen molar-refractivity contribution in [2.45, 2.75) is 82.0 Å². The molecule has 1 aliphatic carbocycles. The number of hydrogen-bond donors (Lipinski definition) is 4. The molecule has 1 spiro atoms. The normalized spacial score (nSPS) is 33.2. The summed E-state index contributed by atoms with van der Waals surface area (Å²) >= 11 is 12.7. The molecule has 4 atom stereocenters. The highest BCUT2D eigenvalue weighted by atomic mass is 35.5. The number of aliphatic hydroxyl groups is 1. The number of carbonyl (C=O) groups excluding carboxylic acids is 2. The lowest BCUT2D eigenvalue weighted by molar-refractivity contribution is -0.127. The van der Waals surface area contributed by atoms with Crippen LogP contribution in [0.5, 0.6) is 0 Å². The Balaban J connectivity index is 1.66. The molecule has 1 unspecified atom stereocenters. The summed E-state index contributed by atoms with van der Waals surface area (Å²) in [5, 5.41) is 21.1. The van der Waals surface area contributed by atoms with Gasteiger partial charge in [0.25, 0.3) is 0 Å². The van der Waals surface area contributed by atoms with Gasteiger partial charge < -0.3 is 21.1 Å². The summed E-state index contributed by atoms with van der Waals surface area (Å²) < 4.78 is 0. The van der Waals surface area contributed by atoms with E-state index in [2.05, 4.69) is 36.7 Å². The predicted molar refractivity (Wildman–Crippen MR) is 143 cm³/mol. The molecular formula is C28H33Cl2N3O3. The molecule has 0 aromatic heterocycles. The second-order valence-electron chi connectivity index (χ2n) is 12.1. The SMILES string of the molecule is CC(C)(C)C[C@@H]1N[C@@H](C(=O)NC2CC(C)(O)C2)[C@H](c2cccc(Cl)c2)C12C(=O)Nc1cc(Cl)ccc12. The summed E-state index contributed by atoms with van der Waals surface area (Å²) in [5.41, 5.74) is 0.432. The summed E-state index contributed by atoms with van der Waals surface area (Å²) in [6.07, 6.45) is 1.68. The van der Waals surface area contributed by atoms with E-state index in [1.54, 1.807) is 25.1 Å². The van der Waals surface area contributed by atoms with Gasteiger partial charge in [-0.2, -0.15) is 0 Å². The Morgan fingerprint density at radius 3 is 2.47 bits per heavy atom. The summed E-state index contributed by atoms with van der Waals surface area (Å²) in [6, 6.07) is 11.8. The van der Waals surface area contributed by atoms with Gasteiger partial charge in [-0.05, 0) is 67.0 Å². The third-order valence-electron chi connectivity index (χ3n) is 7.83. The van der Waals surface area contributed by atoms with Crippen LogP contribution in [0.25, 0.3) is 0 Å². The molecule has 192 valence electrons. The van der Waals surface area contributed by atoms with Gasteiger partial charge in [0.15, 0.2) is 0 Å². The second-order valence-corrected chi connectivity index (χ2v) is 13.0. The van der Waals surface area contributed by atoms with Crippen LogP contribution in [-0.4, -0.2) is 40.6 Å². The summed E-state index contributed by atoms with van der Waals surface area (Å²) in [4.78, 5) is 27.9. The Morgan fingerprint density at radius 2 is 1.83 bits per heavy atom. The summed E-state index contributed by atoms with van der Waals surface area (Å²) in [7, 11) is 0. The highest BCUT2D eigenvalue weighted by Crippen LogP contribution is 2.56. The monoisotopic (exact) mass is 529 g/mol. The molecule has 1 saturated heterocycles. The lowest BCUT2D eigenvalue weighted by Gasteiger charge is -2.42. The molecule has 6 nitrogen and oxygen atoms in total. The molecule has 0 bridgehead atoms. The minimum atomic E-state index is -1.04. The van der Waals surface area contributed by atoms with Crippen LogP contribution in [0.1, 0.15) is 64.0 Å². The molecular weight excluding hydrogens is 497 g/mol. The molecule has 2 aromatic rings. The number of nitrogens with one attached hydrogen (secondary N) is 3. The van der Waals surface area contributed by atoms with E-state index < -0.39 is 23.0 Å². The first-order valence-corrected chi connectivity index (χ1v) is 13.2. The van der Waals surface area contributed by atoms with E-state index in [1.807, 2.05) is 24.3 Å². The largest absolute Gasteiger partial charge is 0.390 e. The van der Waals surface area contributed by atoms with E-state index >= 15 is 0 Å². The zero-order chi connectivity index (χ0) is 26.0. The third-order valence-corrected chi connectivity index (χ3v) is 8.30. The molecule has 4 N–H and O–H groups in total. The van der Waals surface area contributed by atoms with Crippen molar-refractivity contribution in [1.29, 1.82) is 0 Å². The predicted octanol–water partition coefficient (Wildman–Crippen LogP) is 4.77. The maximum Gasteiger partial charge on any atom is 0.238 e. The van der Waals surface area contributed by atoms with Crippen molar-refractivity contribution >= 4 is 40.7 Å². The number of halogens is 2. The topological polar surface area (TPSA) is 90.5 Å². The van der Waals surface area contributed by atoms with Gasteiger partial charge in [-0.25, -0.2) is 0 Å². The lowest BCUT2D eigenvalue weighted by atomic mass is 9.62. The fourth-order valence-corrected chi connectivity index (χ4v) is 6.89. The van der Waals surface area contributed by atoms with Crippen LogP contribution >= 0.6 is 23.2 Å². The highest BCUT2D eigenvalue weighted by Gasteiger charge is 2.65. The number of rotatable bonds is 4. The van der Waals surface area contributed by atoms with Gasteiger partial charge >= 0.3 is 0 Å². The Morgan fingerprint density at radius 1 is 1.14 bits per heavy atom. The average Bonchev–Trinajstić information content (AvgIpc) is 3.21. The van der Waals surface area contributed by atoms with E-state index in [0.717, 1.165) is 11.1 Å². The first-order chi connectivity index (χ1) is 16.8. The Kier molecular flexibility index (Phi) is 6.19. The highest BCUT2D eigenvalue weighted by molar-refractivity contribution is 6.31. The van der Waals surface area contributed by atoms with Crippen LogP contribution in [0.3, 0.4) is 0 Å². The average molecular weight is 530 g/mol. The Hall–Kier alpha value is -2.12. The van der Waals surface area contributed by atoms with E-state index in [-0.39, 0.29) is 29.3 Å². The van der Waals surface area contributed by atoms with E-state index in [0.29, 0.717) is 35.0 Å². The third kappa shape index (κ3) is 4.32. The molecule has 36 heavy (non-hydrogen) atoms. The number of fused-ring (bicyclic) bond motifs is 2. The number of benzene rings is 2. The minimum absolute atomic E-state index is 0.101. The zero-order valence-corrected chi connectivity index (χ0v) is 22.5. The van der Waals surface area contributed by atoms with Crippen LogP contribution < -0.4 is 16.0 Å². The van der Waals surface area contributed by atoms with Crippen molar-refractivity contribution in [1.82, 2.24) is 10.6 Å². The van der Waals surface area contributed by atoms with Gasteiger partial charge in [-0.1, -0.05) is 62.2 Å². The van der Waals surface area contributed by atoms with Crippen LogP contribution in [0.4, 0.5) is 5.69 Å². The van der Waals surface area contributed by atoms with Gasteiger partial charge in [-0.3, -0.25) is 9.59 Å². The molecule has 1 saturated carbocycles. The van der Waals surface area contributed by atoms with Crippen molar-refractivity contribution in [2.75, 3.05) is 5.32 Å². The quantitative estimate of drug-likeness (QED) is 0.459. The Labute approximate surface area is 222 Å². The molecule has 2 amide bonds. The molecule has 0 radical (unpaired) electrons. The van der Waals surface area contributed by atoms with Crippen molar-refractivity contribution < 1.29 is 14.7 Å². The number of anilines is 1. The van der Waals surface area contributed by atoms with Crippen LogP contribution in [0, 0.1) is 5.41 Å². The van der Waals surface area contributed by atoms with E-state index in [9.17, 15) is 14.7 Å². The van der Waals surface area contributed by atoms with Gasteiger partial charge in [0.2, 0.25) is 11.8 Å². The molecule has 2 fully saturated rings. The fourth-order valence-electron chi connectivity index (χ4n) is 6.52.